The summed E-state index contributed by atoms with van der Waals surface area (Å²) in [6.45, 7) is 9.45. The average Bonchev–Trinajstić information content (AvgIpc) is 3.08. The van der Waals surface area contributed by atoms with Gasteiger partial charge in [-0.05, 0) is 74.5 Å². The van der Waals surface area contributed by atoms with E-state index in [0.29, 0.717) is 0 Å². The summed E-state index contributed by atoms with van der Waals surface area (Å²) in [5, 5.41) is 13.8. The second-order valence-electron chi connectivity index (χ2n) is 6.12. The number of allylic oxidation sites excluding steroid dienone is 1. The van der Waals surface area contributed by atoms with Crippen LogP contribution >= 0.6 is 11.3 Å². The first-order chi connectivity index (χ1) is 11.0. The van der Waals surface area contributed by atoms with Crippen molar-refractivity contribution in [1.29, 1.82) is 0 Å². The van der Waals surface area contributed by atoms with Gasteiger partial charge in [0.05, 0.1) is 22.9 Å². The molecule has 0 saturated heterocycles. The number of hydrogen-bond donors (Lipinski definition) is 1. The maximum Gasteiger partial charge on any atom is 0.408 e. The Morgan fingerprint density at radius 1 is 1.22 bits per heavy atom. The van der Waals surface area contributed by atoms with Gasteiger partial charge in [0.15, 0.2) is 0 Å². The van der Waals surface area contributed by atoms with Gasteiger partial charge < -0.3 is 5.43 Å². The third kappa shape index (κ3) is 3.27. The molecule has 1 aliphatic rings. The van der Waals surface area contributed by atoms with Crippen molar-refractivity contribution in [3.63, 3.8) is 0 Å². The highest BCUT2D eigenvalue weighted by Gasteiger charge is 2.30. The molecule has 0 aliphatic carbocycles. The number of azo groups is 1. The molecule has 23 heavy (non-hydrogen) atoms. The maximum absolute atomic E-state index is 4.34. The lowest BCUT2D eigenvalue weighted by atomic mass is 10.0. The van der Waals surface area contributed by atoms with Crippen molar-refractivity contribution < 1.29 is 4.57 Å². The van der Waals surface area contributed by atoms with E-state index in [2.05, 4.69) is 71.1 Å². The predicted molar refractivity (Wildman–Crippen MR) is 94.3 cm³/mol. The molecule has 0 saturated carbocycles. The van der Waals surface area contributed by atoms with Gasteiger partial charge in [-0.2, -0.15) is 0 Å². The first kappa shape index (κ1) is 15.7. The summed E-state index contributed by atoms with van der Waals surface area (Å²) >= 11 is 1.59. The van der Waals surface area contributed by atoms with Crippen molar-refractivity contribution in [2.45, 2.75) is 39.8 Å². The number of aromatic nitrogens is 1. The molecule has 1 aromatic heterocycles. The standard InChI is InChI=1S/C17H22N5S/c1-5-21-10-11-23-16(21)19-18-14-6-8-15(9-7-14)22-17(3,4)12-13(2)20-22/h6-12,20H,5H2,1-4H3/q+1. The Kier molecular flexibility index (Phi) is 4.17. The van der Waals surface area contributed by atoms with Crippen LogP contribution in [0.15, 0.2) is 57.8 Å². The average molecular weight is 328 g/mol. The number of nitrogens with zero attached hydrogens (tertiary/aromatic N) is 4. The van der Waals surface area contributed by atoms with Gasteiger partial charge in [0.1, 0.15) is 11.9 Å². The molecule has 3 rings (SSSR count). The van der Waals surface area contributed by atoms with Crippen molar-refractivity contribution in [3.05, 3.63) is 47.6 Å². The van der Waals surface area contributed by atoms with Crippen LogP contribution in [0.1, 0.15) is 27.7 Å². The molecule has 1 aliphatic heterocycles. The molecule has 0 fully saturated rings. The third-order valence-corrected chi connectivity index (χ3v) is 4.58. The van der Waals surface area contributed by atoms with Gasteiger partial charge in [0.25, 0.3) is 0 Å². The molecule has 0 radical (unpaired) electrons. The second-order valence-corrected chi connectivity index (χ2v) is 6.99. The van der Waals surface area contributed by atoms with Crippen LogP contribution in [-0.4, -0.2) is 5.54 Å². The summed E-state index contributed by atoms with van der Waals surface area (Å²) in [7, 11) is 0. The van der Waals surface area contributed by atoms with Gasteiger partial charge in [-0.15, -0.1) is 0 Å². The zero-order valence-corrected chi connectivity index (χ0v) is 14.8. The number of hydrazine groups is 1. The lowest BCUT2D eigenvalue weighted by Gasteiger charge is -2.32. The molecular formula is C17H22N5S+. The monoisotopic (exact) mass is 328 g/mol. The number of aryl methyl sites for hydroxylation is 1. The van der Waals surface area contributed by atoms with E-state index in [4.69, 9.17) is 0 Å². The Balaban J connectivity index is 1.76. The lowest BCUT2D eigenvalue weighted by Crippen LogP contribution is -2.45. The van der Waals surface area contributed by atoms with Crippen molar-refractivity contribution in [2.75, 3.05) is 5.01 Å². The molecule has 6 heteroatoms. The van der Waals surface area contributed by atoms with Crippen molar-refractivity contribution >= 4 is 27.8 Å². The van der Waals surface area contributed by atoms with Crippen molar-refractivity contribution in [2.24, 2.45) is 10.2 Å². The Bertz CT molecular complexity index is 743. The zero-order valence-electron chi connectivity index (χ0n) is 13.9. The summed E-state index contributed by atoms with van der Waals surface area (Å²) in [4.78, 5) is 0. The molecule has 0 atom stereocenters. The Morgan fingerprint density at radius 3 is 2.57 bits per heavy atom. The van der Waals surface area contributed by atoms with Crippen LogP contribution in [-0.2, 0) is 6.54 Å². The van der Waals surface area contributed by atoms with Gasteiger partial charge in [0, 0.05) is 11.1 Å². The van der Waals surface area contributed by atoms with Crippen molar-refractivity contribution in [3.8, 4) is 0 Å². The summed E-state index contributed by atoms with van der Waals surface area (Å²) < 4.78 is 2.08. The number of thiazole rings is 1. The lowest BCUT2D eigenvalue weighted by molar-refractivity contribution is -0.676. The van der Waals surface area contributed by atoms with Gasteiger partial charge >= 0.3 is 5.13 Å². The summed E-state index contributed by atoms with van der Waals surface area (Å²) in [5.74, 6) is 0. The van der Waals surface area contributed by atoms with E-state index in [1.807, 2.05) is 23.7 Å². The molecule has 2 heterocycles. The first-order valence-corrected chi connectivity index (χ1v) is 8.62. The normalized spacial score (nSPS) is 16.7. The second kappa shape index (κ2) is 6.12. The van der Waals surface area contributed by atoms with Gasteiger partial charge in [0.2, 0.25) is 0 Å². The van der Waals surface area contributed by atoms with Gasteiger partial charge in [-0.25, -0.2) is 4.57 Å². The number of rotatable bonds is 4. The molecule has 0 amide bonds. The van der Waals surface area contributed by atoms with Crippen LogP contribution in [0.4, 0.5) is 16.5 Å². The largest absolute Gasteiger partial charge is 0.408 e. The molecule has 1 N–H and O–H groups in total. The third-order valence-electron chi connectivity index (χ3n) is 3.79. The van der Waals surface area contributed by atoms with Crippen LogP contribution in [0.25, 0.3) is 0 Å². The van der Waals surface area contributed by atoms with Crippen LogP contribution in [0.5, 0.6) is 0 Å². The minimum absolute atomic E-state index is 0.0449. The van der Waals surface area contributed by atoms with Crippen LogP contribution < -0.4 is 15.0 Å². The fraction of sp³-hybridized carbons (Fsp3) is 0.353. The van der Waals surface area contributed by atoms with E-state index in [0.717, 1.165) is 23.1 Å². The Hall–Kier alpha value is -2.21. The highest BCUT2D eigenvalue weighted by atomic mass is 32.1. The minimum Gasteiger partial charge on any atom is -0.302 e. The minimum atomic E-state index is -0.0449. The molecule has 1 aromatic carbocycles. The molecule has 0 bridgehead atoms. The van der Waals surface area contributed by atoms with Crippen molar-refractivity contribution in [1.82, 2.24) is 5.43 Å². The van der Waals surface area contributed by atoms with E-state index >= 15 is 0 Å². The Morgan fingerprint density at radius 2 is 1.96 bits per heavy atom. The van der Waals surface area contributed by atoms with E-state index in [1.165, 1.54) is 5.70 Å². The molecule has 120 valence electrons. The number of benzene rings is 1. The van der Waals surface area contributed by atoms with E-state index in [1.54, 1.807) is 11.3 Å². The first-order valence-electron chi connectivity index (χ1n) is 7.75. The quantitative estimate of drug-likeness (QED) is 0.664. The number of anilines is 1. The number of nitrogens with one attached hydrogen (secondary N) is 1. The SMILES string of the molecule is CC[n+]1ccsc1N=Nc1ccc(N2NC(C)=CC2(C)C)cc1. The highest BCUT2D eigenvalue weighted by molar-refractivity contribution is 7.12. The topological polar surface area (TPSA) is 43.9 Å². The van der Waals surface area contributed by atoms with Gasteiger partial charge in [-0.3, -0.25) is 5.01 Å². The van der Waals surface area contributed by atoms with E-state index in [9.17, 15) is 0 Å². The summed E-state index contributed by atoms with van der Waals surface area (Å²) in [6, 6.07) is 8.12. The van der Waals surface area contributed by atoms with E-state index in [-0.39, 0.29) is 5.54 Å². The Labute approximate surface area is 141 Å². The molecule has 0 unspecified atom stereocenters. The zero-order chi connectivity index (χ0) is 16.4. The molecule has 5 nitrogen and oxygen atoms in total. The summed E-state index contributed by atoms with van der Waals surface area (Å²) in [6.07, 6.45) is 4.25. The molecular weight excluding hydrogens is 306 g/mol. The number of hydrogen-bond acceptors (Lipinski definition) is 5. The molecule has 2 aromatic rings. The molecule has 0 spiro atoms. The van der Waals surface area contributed by atoms with Crippen LogP contribution in [0, 0.1) is 0 Å². The van der Waals surface area contributed by atoms with Crippen LogP contribution in [0.3, 0.4) is 0 Å². The maximum atomic E-state index is 4.34. The summed E-state index contributed by atoms with van der Waals surface area (Å²) in [5.41, 5.74) is 6.48. The highest BCUT2D eigenvalue weighted by Crippen LogP contribution is 2.30. The van der Waals surface area contributed by atoms with Crippen LogP contribution in [0.2, 0.25) is 0 Å². The smallest absolute Gasteiger partial charge is 0.302 e. The predicted octanol–water partition coefficient (Wildman–Crippen LogP) is 4.48. The van der Waals surface area contributed by atoms with E-state index < -0.39 is 0 Å². The fourth-order valence-electron chi connectivity index (χ4n) is 2.73. The fourth-order valence-corrected chi connectivity index (χ4v) is 3.47. The van der Waals surface area contributed by atoms with Gasteiger partial charge in [-0.1, -0.05) is 0 Å².